The molecule has 0 saturated carbocycles. The first-order valence-electron chi connectivity index (χ1n) is 7.52. The molecule has 2 aromatic carbocycles. The van der Waals surface area contributed by atoms with Crippen LogP contribution in [-0.4, -0.2) is 27.1 Å². The second kappa shape index (κ2) is 7.60. The molecular formula is C17H18F2N2O3S. The summed E-state index contributed by atoms with van der Waals surface area (Å²) in [5, 5.41) is 2.58. The van der Waals surface area contributed by atoms with Crippen molar-refractivity contribution in [3.63, 3.8) is 0 Å². The third-order valence-corrected chi connectivity index (χ3v) is 4.67. The second-order valence-corrected chi connectivity index (χ2v) is 7.37. The van der Waals surface area contributed by atoms with Gasteiger partial charge in [-0.15, -0.1) is 0 Å². The molecular weight excluding hydrogens is 350 g/mol. The minimum atomic E-state index is -3.86. The molecule has 0 aliphatic carbocycles. The Bertz CT molecular complexity index is 868. The number of hydrogen-bond acceptors (Lipinski definition) is 3. The van der Waals surface area contributed by atoms with Gasteiger partial charge in [0, 0.05) is 11.8 Å². The highest BCUT2D eigenvalue weighted by Crippen LogP contribution is 2.20. The van der Waals surface area contributed by atoms with Crippen LogP contribution >= 0.6 is 0 Å². The van der Waals surface area contributed by atoms with Gasteiger partial charge >= 0.3 is 0 Å². The first-order valence-corrected chi connectivity index (χ1v) is 9.37. The van der Waals surface area contributed by atoms with Crippen molar-refractivity contribution in [3.05, 3.63) is 59.7 Å². The molecule has 0 atom stereocenters. The first-order chi connectivity index (χ1) is 11.7. The zero-order chi connectivity index (χ0) is 18.6. The summed E-state index contributed by atoms with van der Waals surface area (Å²) in [6.07, 6.45) is 1.74. The summed E-state index contributed by atoms with van der Waals surface area (Å²) in [7, 11) is -3.86. The first kappa shape index (κ1) is 18.9. The number of carbonyl (C=O) groups excluding carboxylic acids is 1. The molecule has 0 saturated heterocycles. The minimum absolute atomic E-state index is 0.127. The van der Waals surface area contributed by atoms with Crippen LogP contribution in [0.4, 0.5) is 20.2 Å². The van der Waals surface area contributed by atoms with Crippen molar-refractivity contribution in [3.8, 4) is 0 Å². The number of nitrogens with one attached hydrogen (secondary N) is 1. The maximum absolute atomic E-state index is 13.4. The predicted octanol–water partition coefficient (Wildman–Crippen LogP) is 2.93. The van der Waals surface area contributed by atoms with Gasteiger partial charge < -0.3 is 5.32 Å². The standard InChI is InChI=1S/C17H18F2N2O3S/c1-3-12-4-6-13(7-5-12)20-17(22)11-21(25(2,23)24)14-8-9-15(18)16(19)10-14/h4-10H,3,11H2,1-2H3,(H,20,22). The largest absolute Gasteiger partial charge is 0.325 e. The van der Waals surface area contributed by atoms with Gasteiger partial charge in [-0.25, -0.2) is 17.2 Å². The molecule has 0 bridgehead atoms. The van der Waals surface area contributed by atoms with Crippen LogP contribution in [0.3, 0.4) is 0 Å². The van der Waals surface area contributed by atoms with Crippen molar-refractivity contribution in [1.29, 1.82) is 0 Å². The highest BCUT2D eigenvalue weighted by Gasteiger charge is 2.22. The molecule has 0 aromatic heterocycles. The molecule has 0 unspecified atom stereocenters. The van der Waals surface area contributed by atoms with Crippen LogP contribution in [0.15, 0.2) is 42.5 Å². The lowest BCUT2D eigenvalue weighted by Gasteiger charge is -2.22. The van der Waals surface area contributed by atoms with Gasteiger partial charge in [-0.1, -0.05) is 19.1 Å². The van der Waals surface area contributed by atoms with Crippen molar-refractivity contribution in [2.45, 2.75) is 13.3 Å². The molecule has 8 heteroatoms. The fraction of sp³-hybridized carbons (Fsp3) is 0.235. The van der Waals surface area contributed by atoms with Crippen LogP contribution < -0.4 is 9.62 Å². The number of benzene rings is 2. The summed E-state index contributed by atoms with van der Waals surface area (Å²) in [5.74, 6) is -2.89. The lowest BCUT2D eigenvalue weighted by Crippen LogP contribution is -2.37. The van der Waals surface area contributed by atoms with Gasteiger partial charge in [0.25, 0.3) is 0 Å². The van der Waals surface area contributed by atoms with E-state index in [-0.39, 0.29) is 5.69 Å². The molecule has 0 aliphatic rings. The van der Waals surface area contributed by atoms with E-state index in [1.165, 1.54) is 0 Å². The summed E-state index contributed by atoms with van der Waals surface area (Å²) in [5.41, 5.74) is 1.48. The Balaban J connectivity index is 2.18. The highest BCUT2D eigenvalue weighted by atomic mass is 32.2. The zero-order valence-corrected chi connectivity index (χ0v) is 14.6. The minimum Gasteiger partial charge on any atom is -0.325 e. The Morgan fingerprint density at radius 3 is 2.24 bits per heavy atom. The third kappa shape index (κ3) is 4.99. The molecule has 0 radical (unpaired) electrons. The van der Waals surface area contributed by atoms with Gasteiger partial charge in [-0.05, 0) is 36.2 Å². The Morgan fingerprint density at radius 1 is 1.08 bits per heavy atom. The SMILES string of the molecule is CCc1ccc(NC(=O)CN(c2ccc(F)c(F)c2)S(C)(=O)=O)cc1. The van der Waals surface area contributed by atoms with Crippen molar-refractivity contribution in [1.82, 2.24) is 0 Å². The average molecular weight is 368 g/mol. The molecule has 0 fully saturated rings. The maximum Gasteiger partial charge on any atom is 0.245 e. The van der Waals surface area contributed by atoms with Crippen LogP contribution in [-0.2, 0) is 21.2 Å². The number of amides is 1. The fourth-order valence-electron chi connectivity index (χ4n) is 2.19. The molecule has 1 amide bonds. The lowest BCUT2D eigenvalue weighted by atomic mass is 10.1. The van der Waals surface area contributed by atoms with E-state index < -0.39 is 34.1 Å². The molecule has 5 nitrogen and oxygen atoms in total. The number of halogens is 2. The number of sulfonamides is 1. The summed E-state index contributed by atoms with van der Waals surface area (Å²) in [6, 6.07) is 9.75. The van der Waals surface area contributed by atoms with Crippen molar-refractivity contribution in [2.75, 3.05) is 22.4 Å². The molecule has 134 valence electrons. The summed E-state index contributed by atoms with van der Waals surface area (Å²) >= 11 is 0. The van der Waals surface area contributed by atoms with Crippen molar-refractivity contribution in [2.24, 2.45) is 0 Å². The molecule has 2 rings (SSSR count). The van der Waals surface area contributed by atoms with E-state index in [0.29, 0.717) is 9.99 Å². The van der Waals surface area contributed by atoms with Crippen LogP contribution in [0.5, 0.6) is 0 Å². The summed E-state index contributed by atoms with van der Waals surface area (Å²) < 4.78 is 51.0. The lowest BCUT2D eigenvalue weighted by molar-refractivity contribution is -0.114. The number of hydrogen-bond donors (Lipinski definition) is 1. The quantitative estimate of drug-likeness (QED) is 0.853. The Labute approximate surface area is 145 Å². The number of carbonyl (C=O) groups is 1. The van der Waals surface area contributed by atoms with Crippen molar-refractivity contribution < 1.29 is 22.0 Å². The Morgan fingerprint density at radius 2 is 1.72 bits per heavy atom. The number of anilines is 2. The molecule has 0 aliphatic heterocycles. The van der Waals surface area contributed by atoms with E-state index in [9.17, 15) is 22.0 Å². The van der Waals surface area contributed by atoms with Gasteiger partial charge in [-0.3, -0.25) is 9.10 Å². The number of nitrogens with zero attached hydrogens (tertiary/aromatic N) is 1. The van der Waals surface area contributed by atoms with Crippen LogP contribution in [0.2, 0.25) is 0 Å². The Kier molecular flexibility index (Phi) is 5.73. The van der Waals surface area contributed by atoms with Crippen LogP contribution in [0, 0.1) is 11.6 Å². The Hall–Kier alpha value is -2.48. The second-order valence-electron chi connectivity index (χ2n) is 5.47. The van der Waals surface area contributed by atoms with Gasteiger partial charge in [0.15, 0.2) is 11.6 Å². The number of aryl methyl sites for hydroxylation is 1. The monoisotopic (exact) mass is 368 g/mol. The van der Waals surface area contributed by atoms with Crippen molar-refractivity contribution >= 4 is 27.3 Å². The molecule has 25 heavy (non-hydrogen) atoms. The topological polar surface area (TPSA) is 66.5 Å². The van der Waals surface area contributed by atoms with E-state index >= 15 is 0 Å². The van der Waals surface area contributed by atoms with Gasteiger partial charge in [0.1, 0.15) is 6.54 Å². The zero-order valence-electron chi connectivity index (χ0n) is 13.8. The molecule has 1 N–H and O–H groups in total. The van der Waals surface area contributed by atoms with E-state index in [1.807, 2.05) is 19.1 Å². The summed E-state index contributed by atoms with van der Waals surface area (Å²) in [6.45, 7) is 1.44. The normalized spacial score (nSPS) is 11.2. The van der Waals surface area contributed by atoms with E-state index in [2.05, 4.69) is 5.32 Å². The van der Waals surface area contributed by atoms with E-state index in [4.69, 9.17) is 0 Å². The predicted molar refractivity (Wildman–Crippen MR) is 93.0 cm³/mol. The average Bonchev–Trinajstić information content (AvgIpc) is 2.55. The third-order valence-electron chi connectivity index (χ3n) is 3.52. The molecule has 2 aromatic rings. The smallest absolute Gasteiger partial charge is 0.245 e. The highest BCUT2D eigenvalue weighted by molar-refractivity contribution is 7.92. The maximum atomic E-state index is 13.4. The van der Waals surface area contributed by atoms with Crippen LogP contribution in [0.1, 0.15) is 12.5 Å². The van der Waals surface area contributed by atoms with Gasteiger partial charge in [-0.2, -0.15) is 0 Å². The van der Waals surface area contributed by atoms with E-state index in [0.717, 1.165) is 36.4 Å². The van der Waals surface area contributed by atoms with Gasteiger partial charge in [0.2, 0.25) is 15.9 Å². The number of rotatable bonds is 6. The van der Waals surface area contributed by atoms with Gasteiger partial charge in [0.05, 0.1) is 11.9 Å². The van der Waals surface area contributed by atoms with E-state index in [1.54, 1.807) is 12.1 Å². The molecule has 0 spiro atoms. The summed E-state index contributed by atoms with van der Waals surface area (Å²) in [4.78, 5) is 12.2. The molecule has 0 heterocycles. The fourth-order valence-corrected chi connectivity index (χ4v) is 3.04. The van der Waals surface area contributed by atoms with Crippen LogP contribution in [0.25, 0.3) is 0 Å².